The van der Waals surface area contributed by atoms with Crippen molar-refractivity contribution in [3.05, 3.63) is 0 Å². The van der Waals surface area contributed by atoms with E-state index in [4.69, 9.17) is 17.3 Å². The predicted molar refractivity (Wildman–Crippen MR) is 45.3 cm³/mol. The maximum atomic E-state index is 5.76. The maximum Gasteiger partial charge on any atom is 0.0226 e. The SMILES string of the molecule is NC1CCC(CCCl)CC1. The van der Waals surface area contributed by atoms with E-state index < -0.39 is 0 Å². The molecule has 0 spiro atoms. The molecule has 0 unspecified atom stereocenters. The zero-order valence-electron chi connectivity index (χ0n) is 6.35. The third-order valence-corrected chi connectivity index (χ3v) is 2.63. The van der Waals surface area contributed by atoms with Crippen LogP contribution in [-0.4, -0.2) is 11.9 Å². The first-order chi connectivity index (χ1) is 4.83. The Morgan fingerprint density at radius 1 is 1.20 bits per heavy atom. The largest absolute Gasteiger partial charge is 0.328 e. The van der Waals surface area contributed by atoms with Crippen LogP contribution >= 0.6 is 11.6 Å². The Bertz CT molecular complexity index is 87.3. The average molecular weight is 162 g/mol. The Kier molecular flexibility index (Phi) is 3.50. The summed E-state index contributed by atoms with van der Waals surface area (Å²) in [5.74, 6) is 1.69. The van der Waals surface area contributed by atoms with Crippen LogP contribution in [0.15, 0.2) is 0 Å². The van der Waals surface area contributed by atoms with Gasteiger partial charge in [-0.2, -0.15) is 0 Å². The van der Waals surface area contributed by atoms with Crippen molar-refractivity contribution in [2.75, 3.05) is 5.88 Å². The van der Waals surface area contributed by atoms with Crippen molar-refractivity contribution in [2.45, 2.75) is 38.1 Å². The highest BCUT2D eigenvalue weighted by atomic mass is 35.5. The molecule has 0 aliphatic heterocycles. The lowest BCUT2D eigenvalue weighted by molar-refractivity contribution is 0.320. The van der Waals surface area contributed by atoms with E-state index in [1.54, 1.807) is 0 Å². The van der Waals surface area contributed by atoms with E-state index in [9.17, 15) is 0 Å². The lowest BCUT2D eigenvalue weighted by atomic mass is 9.85. The molecule has 0 amide bonds. The van der Waals surface area contributed by atoms with Gasteiger partial charge in [-0.05, 0) is 38.0 Å². The van der Waals surface area contributed by atoms with E-state index in [1.165, 1.54) is 32.1 Å². The summed E-state index contributed by atoms with van der Waals surface area (Å²) in [5, 5.41) is 0. The summed E-state index contributed by atoms with van der Waals surface area (Å²) in [6.07, 6.45) is 6.21. The van der Waals surface area contributed by atoms with Crippen LogP contribution in [0.1, 0.15) is 32.1 Å². The number of halogens is 1. The quantitative estimate of drug-likeness (QED) is 0.617. The summed E-state index contributed by atoms with van der Waals surface area (Å²) in [6.45, 7) is 0. The first-order valence-electron chi connectivity index (χ1n) is 4.14. The smallest absolute Gasteiger partial charge is 0.0226 e. The molecule has 60 valence electrons. The molecule has 1 aliphatic carbocycles. The van der Waals surface area contributed by atoms with Crippen LogP contribution in [0.2, 0.25) is 0 Å². The fourth-order valence-electron chi connectivity index (χ4n) is 1.63. The summed E-state index contributed by atoms with van der Waals surface area (Å²) < 4.78 is 0. The van der Waals surface area contributed by atoms with Crippen molar-refractivity contribution in [1.82, 2.24) is 0 Å². The third-order valence-electron chi connectivity index (χ3n) is 2.41. The Balaban J connectivity index is 2.13. The van der Waals surface area contributed by atoms with E-state index in [0.717, 1.165) is 11.8 Å². The van der Waals surface area contributed by atoms with Gasteiger partial charge in [0.1, 0.15) is 0 Å². The molecule has 0 bridgehead atoms. The first kappa shape index (κ1) is 8.35. The second kappa shape index (κ2) is 4.20. The van der Waals surface area contributed by atoms with Gasteiger partial charge in [0.25, 0.3) is 0 Å². The van der Waals surface area contributed by atoms with Crippen molar-refractivity contribution < 1.29 is 0 Å². The highest BCUT2D eigenvalue weighted by Crippen LogP contribution is 2.25. The molecular formula is C8H16ClN. The van der Waals surface area contributed by atoms with Crippen LogP contribution in [0.5, 0.6) is 0 Å². The van der Waals surface area contributed by atoms with Gasteiger partial charge in [-0.1, -0.05) is 0 Å². The van der Waals surface area contributed by atoms with Gasteiger partial charge in [-0.15, -0.1) is 11.6 Å². The molecule has 0 radical (unpaired) electrons. The van der Waals surface area contributed by atoms with Crippen molar-refractivity contribution in [3.8, 4) is 0 Å². The number of nitrogens with two attached hydrogens (primary N) is 1. The lowest BCUT2D eigenvalue weighted by Crippen LogP contribution is -2.26. The lowest BCUT2D eigenvalue weighted by Gasteiger charge is -2.25. The van der Waals surface area contributed by atoms with E-state index in [0.29, 0.717) is 6.04 Å². The van der Waals surface area contributed by atoms with Crippen LogP contribution in [0.25, 0.3) is 0 Å². The second-order valence-corrected chi connectivity index (χ2v) is 3.64. The van der Waals surface area contributed by atoms with Crippen LogP contribution in [0.4, 0.5) is 0 Å². The van der Waals surface area contributed by atoms with Crippen molar-refractivity contribution in [2.24, 2.45) is 11.7 Å². The summed E-state index contributed by atoms with van der Waals surface area (Å²) >= 11 is 5.64. The van der Waals surface area contributed by atoms with Gasteiger partial charge < -0.3 is 5.73 Å². The Morgan fingerprint density at radius 3 is 2.30 bits per heavy atom. The topological polar surface area (TPSA) is 26.0 Å². The fraction of sp³-hybridized carbons (Fsp3) is 1.00. The molecule has 1 rings (SSSR count). The molecule has 2 N–H and O–H groups in total. The van der Waals surface area contributed by atoms with Gasteiger partial charge in [-0.3, -0.25) is 0 Å². The molecule has 1 aliphatic rings. The standard InChI is InChI=1S/C8H16ClN/c9-6-5-7-1-3-8(10)4-2-7/h7-8H,1-6,10H2. The predicted octanol–water partition coefficient (Wildman–Crippen LogP) is 2.13. The van der Waals surface area contributed by atoms with E-state index in [2.05, 4.69) is 0 Å². The Morgan fingerprint density at radius 2 is 1.80 bits per heavy atom. The molecule has 0 aromatic heterocycles. The van der Waals surface area contributed by atoms with Crippen LogP contribution in [-0.2, 0) is 0 Å². The normalized spacial score (nSPS) is 34.2. The van der Waals surface area contributed by atoms with Gasteiger partial charge in [-0.25, -0.2) is 0 Å². The summed E-state index contributed by atoms with van der Waals surface area (Å²) in [4.78, 5) is 0. The summed E-state index contributed by atoms with van der Waals surface area (Å²) in [6, 6.07) is 0.478. The number of hydrogen-bond acceptors (Lipinski definition) is 1. The highest BCUT2D eigenvalue weighted by molar-refractivity contribution is 6.17. The zero-order valence-corrected chi connectivity index (χ0v) is 7.11. The monoisotopic (exact) mass is 161 g/mol. The molecule has 10 heavy (non-hydrogen) atoms. The van der Waals surface area contributed by atoms with Crippen LogP contribution in [0, 0.1) is 5.92 Å². The molecule has 0 saturated heterocycles. The van der Waals surface area contributed by atoms with Gasteiger partial charge >= 0.3 is 0 Å². The zero-order chi connectivity index (χ0) is 7.40. The molecular weight excluding hydrogens is 146 g/mol. The molecule has 0 heterocycles. The van der Waals surface area contributed by atoms with E-state index in [1.807, 2.05) is 0 Å². The second-order valence-electron chi connectivity index (χ2n) is 3.26. The van der Waals surface area contributed by atoms with E-state index in [-0.39, 0.29) is 0 Å². The number of hydrogen-bond donors (Lipinski definition) is 1. The van der Waals surface area contributed by atoms with Gasteiger partial charge in [0.2, 0.25) is 0 Å². The van der Waals surface area contributed by atoms with Gasteiger partial charge in [0.05, 0.1) is 0 Å². The molecule has 1 fully saturated rings. The fourth-order valence-corrected chi connectivity index (χ4v) is 1.94. The minimum absolute atomic E-state index is 0.478. The minimum atomic E-state index is 0.478. The first-order valence-corrected chi connectivity index (χ1v) is 4.68. The van der Waals surface area contributed by atoms with Crippen molar-refractivity contribution in [1.29, 1.82) is 0 Å². The Labute approximate surface area is 67.9 Å². The van der Waals surface area contributed by atoms with Crippen molar-refractivity contribution in [3.63, 3.8) is 0 Å². The van der Waals surface area contributed by atoms with Gasteiger partial charge in [0, 0.05) is 11.9 Å². The maximum absolute atomic E-state index is 5.76. The van der Waals surface area contributed by atoms with Gasteiger partial charge in [0.15, 0.2) is 0 Å². The summed E-state index contributed by atoms with van der Waals surface area (Å²) in [7, 11) is 0. The molecule has 0 aromatic carbocycles. The Hall–Kier alpha value is 0.250. The highest BCUT2D eigenvalue weighted by Gasteiger charge is 2.17. The minimum Gasteiger partial charge on any atom is -0.328 e. The summed E-state index contributed by atoms with van der Waals surface area (Å²) in [5.41, 5.74) is 5.76. The molecule has 0 atom stereocenters. The van der Waals surface area contributed by atoms with Crippen LogP contribution in [0.3, 0.4) is 0 Å². The van der Waals surface area contributed by atoms with Crippen molar-refractivity contribution >= 4 is 11.6 Å². The average Bonchev–Trinajstić information content (AvgIpc) is 1.95. The van der Waals surface area contributed by atoms with E-state index >= 15 is 0 Å². The molecule has 0 aromatic rings. The number of rotatable bonds is 2. The molecule has 1 saturated carbocycles. The molecule has 1 nitrogen and oxygen atoms in total. The number of alkyl halides is 1. The molecule has 2 heteroatoms. The van der Waals surface area contributed by atoms with Crippen LogP contribution < -0.4 is 5.73 Å². The third kappa shape index (κ3) is 2.47.